The van der Waals surface area contributed by atoms with Gasteiger partial charge in [0.15, 0.2) is 4.33 Å². The second-order valence-corrected chi connectivity index (χ2v) is 8.22. The molecule has 0 radical (unpaired) electrons. The number of halogens is 3. The lowest BCUT2D eigenvalue weighted by Crippen LogP contribution is -2.60. The molecule has 0 aromatic heterocycles. The highest BCUT2D eigenvalue weighted by Crippen LogP contribution is 2.44. The number of nitrogens with one attached hydrogen (secondary N) is 1. The van der Waals surface area contributed by atoms with Crippen LogP contribution in [0.1, 0.15) is 21.3 Å². The fourth-order valence-corrected chi connectivity index (χ4v) is 3.95. The monoisotopic (exact) mass is 426 g/mol. The lowest BCUT2D eigenvalue weighted by Gasteiger charge is -2.42. The van der Waals surface area contributed by atoms with Crippen molar-refractivity contribution in [2.75, 3.05) is 26.3 Å². The molecule has 3 rings (SSSR count). The molecular formula is C20H21Cl3N2O2. The molecule has 0 saturated carbocycles. The molecule has 4 nitrogen and oxygen atoms in total. The Hall–Kier alpha value is -1.30. The minimum atomic E-state index is -1.45. The molecular weight excluding hydrogens is 407 g/mol. The number of rotatable bonds is 6. The summed E-state index contributed by atoms with van der Waals surface area (Å²) in [5.41, 5.74) is 1.32. The van der Waals surface area contributed by atoms with Crippen molar-refractivity contribution in [1.29, 1.82) is 0 Å². The van der Waals surface area contributed by atoms with Crippen molar-refractivity contribution < 1.29 is 9.53 Å². The first-order chi connectivity index (χ1) is 13.0. The Balaban J connectivity index is 1.87. The summed E-state index contributed by atoms with van der Waals surface area (Å²) in [7, 11) is 0. The van der Waals surface area contributed by atoms with Crippen molar-refractivity contribution in [2.24, 2.45) is 0 Å². The van der Waals surface area contributed by atoms with Crippen LogP contribution in [0.2, 0.25) is 0 Å². The van der Waals surface area contributed by atoms with Crippen molar-refractivity contribution in [3.05, 3.63) is 71.8 Å². The largest absolute Gasteiger partial charge is 0.379 e. The fraction of sp³-hybridized carbons (Fsp3) is 0.350. The zero-order valence-electron chi connectivity index (χ0n) is 14.7. The highest BCUT2D eigenvalue weighted by atomic mass is 35.5. The number of ether oxygens (including phenoxy) is 1. The third-order valence-corrected chi connectivity index (χ3v) is 6.18. The highest BCUT2D eigenvalue weighted by molar-refractivity contribution is 6.52. The van der Waals surface area contributed by atoms with Gasteiger partial charge in [0.1, 0.15) is 6.17 Å². The van der Waals surface area contributed by atoms with Gasteiger partial charge in [-0.15, -0.1) is 11.6 Å². The normalized spacial score (nSPS) is 17.9. The molecule has 0 spiro atoms. The lowest BCUT2D eigenvalue weighted by atomic mass is 10.1. The van der Waals surface area contributed by atoms with E-state index >= 15 is 0 Å². The van der Waals surface area contributed by atoms with Crippen LogP contribution in [0.3, 0.4) is 0 Å². The van der Waals surface area contributed by atoms with Gasteiger partial charge in [-0.05, 0) is 17.7 Å². The van der Waals surface area contributed by atoms with Crippen molar-refractivity contribution in [1.82, 2.24) is 10.2 Å². The molecule has 1 saturated heterocycles. The minimum absolute atomic E-state index is 0.255. The van der Waals surface area contributed by atoms with Gasteiger partial charge in [-0.1, -0.05) is 71.7 Å². The van der Waals surface area contributed by atoms with E-state index in [1.165, 1.54) is 0 Å². The van der Waals surface area contributed by atoms with E-state index in [4.69, 9.17) is 39.5 Å². The van der Waals surface area contributed by atoms with Crippen LogP contribution >= 0.6 is 34.8 Å². The van der Waals surface area contributed by atoms with Gasteiger partial charge in [0, 0.05) is 18.7 Å². The van der Waals surface area contributed by atoms with Crippen molar-refractivity contribution in [2.45, 2.75) is 15.9 Å². The Morgan fingerprint density at radius 1 is 1.00 bits per heavy atom. The molecule has 7 heteroatoms. The van der Waals surface area contributed by atoms with Crippen LogP contribution in [0.25, 0.3) is 0 Å². The molecule has 1 N–H and O–H groups in total. The van der Waals surface area contributed by atoms with E-state index in [1.54, 1.807) is 12.1 Å². The molecule has 1 heterocycles. The van der Waals surface area contributed by atoms with Gasteiger partial charge in [0.25, 0.3) is 5.91 Å². The Kier molecular flexibility index (Phi) is 7.01. The van der Waals surface area contributed by atoms with Crippen molar-refractivity contribution >= 4 is 40.7 Å². The zero-order chi connectivity index (χ0) is 19.3. The molecule has 27 heavy (non-hydrogen) atoms. The van der Waals surface area contributed by atoms with Crippen LogP contribution in [0.15, 0.2) is 60.7 Å². The van der Waals surface area contributed by atoms with E-state index in [9.17, 15) is 4.79 Å². The second kappa shape index (κ2) is 9.26. The minimum Gasteiger partial charge on any atom is -0.379 e. The SMILES string of the molecule is O=C(N[C@@H](N1CCOCC1)C(Cl)(Cl)[C@H](Cl)c1ccccc1)c1ccccc1. The number of morpholine rings is 1. The van der Waals surface area contributed by atoms with Gasteiger partial charge in [0.05, 0.1) is 18.6 Å². The number of amides is 1. The molecule has 1 amide bonds. The number of alkyl halides is 3. The summed E-state index contributed by atoms with van der Waals surface area (Å²) >= 11 is 20.2. The van der Waals surface area contributed by atoms with E-state index in [0.717, 1.165) is 5.56 Å². The Bertz CT molecular complexity index is 737. The summed E-state index contributed by atoms with van der Waals surface area (Å²) in [4.78, 5) is 14.8. The fourth-order valence-electron chi connectivity index (χ4n) is 3.05. The third-order valence-electron chi connectivity index (χ3n) is 4.51. The van der Waals surface area contributed by atoms with Crippen LogP contribution < -0.4 is 5.32 Å². The molecule has 0 aliphatic carbocycles. The third kappa shape index (κ3) is 4.95. The quantitative estimate of drug-likeness (QED) is 0.702. The Morgan fingerprint density at radius 2 is 1.56 bits per heavy atom. The van der Waals surface area contributed by atoms with Gasteiger partial charge >= 0.3 is 0 Å². The predicted molar refractivity (Wildman–Crippen MR) is 110 cm³/mol. The summed E-state index contributed by atoms with van der Waals surface area (Å²) in [6.07, 6.45) is -0.680. The van der Waals surface area contributed by atoms with E-state index in [0.29, 0.717) is 31.9 Å². The summed E-state index contributed by atoms with van der Waals surface area (Å²) in [5, 5.41) is 2.26. The van der Waals surface area contributed by atoms with Gasteiger partial charge in [-0.3, -0.25) is 9.69 Å². The summed E-state index contributed by atoms with van der Waals surface area (Å²) in [6, 6.07) is 18.3. The average Bonchev–Trinajstić information content (AvgIpc) is 2.73. The average molecular weight is 428 g/mol. The number of hydrogen-bond acceptors (Lipinski definition) is 3. The molecule has 1 fully saturated rings. The maximum absolute atomic E-state index is 12.8. The van der Waals surface area contributed by atoms with Crippen LogP contribution in [0.5, 0.6) is 0 Å². The molecule has 2 aromatic rings. The number of benzene rings is 2. The number of carbonyl (C=O) groups excluding carboxylic acids is 1. The first-order valence-electron chi connectivity index (χ1n) is 8.74. The molecule has 2 aromatic carbocycles. The van der Waals surface area contributed by atoms with E-state index < -0.39 is 15.9 Å². The molecule has 144 valence electrons. The van der Waals surface area contributed by atoms with Gasteiger partial charge in [-0.25, -0.2) is 0 Å². The lowest BCUT2D eigenvalue weighted by molar-refractivity contribution is 0.00484. The van der Waals surface area contributed by atoms with Crippen LogP contribution in [-0.4, -0.2) is 47.6 Å². The first kappa shape index (κ1) is 20.4. The Morgan fingerprint density at radius 3 is 2.15 bits per heavy atom. The van der Waals surface area contributed by atoms with Crippen LogP contribution in [0, 0.1) is 0 Å². The maximum Gasteiger partial charge on any atom is 0.252 e. The molecule has 0 bridgehead atoms. The predicted octanol–water partition coefficient (Wildman–Crippen LogP) is 4.23. The first-order valence-corrected chi connectivity index (χ1v) is 9.94. The Labute approximate surface area is 174 Å². The van der Waals surface area contributed by atoms with E-state index in [2.05, 4.69) is 5.32 Å². The van der Waals surface area contributed by atoms with Crippen LogP contribution in [-0.2, 0) is 4.74 Å². The number of hydrogen-bond donors (Lipinski definition) is 1. The topological polar surface area (TPSA) is 41.6 Å². The van der Waals surface area contributed by atoms with Gasteiger partial charge in [0.2, 0.25) is 0 Å². The highest BCUT2D eigenvalue weighted by Gasteiger charge is 2.46. The summed E-state index contributed by atoms with van der Waals surface area (Å²) in [6.45, 7) is 2.28. The standard InChI is InChI=1S/C20H21Cl3N2O2/c21-17(15-7-3-1-4-8-15)20(22,23)19(25-11-13-27-14-12-25)24-18(26)16-9-5-2-6-10-16/h1-10,17,19H,11-14H2,(H,24,26)/t17-,19+/m1/s1. The molecule has 2 atom stereocenters. The van der Waals surface area contributed by atoms with Crippen molar-refractivity contribution in [3.63, 3.8) is 0 Å². The van der Waals surface area contributed by atoms with Crippen LogP contribution in [0.4, 0.5) is 0 Å². The number of carbonyl (C=O) groups is 1. The zero-order valence-corrected chi connectivity index (χ0v) is 16.9. The van der Waals surface area contributed by atoms with E-state index in [1.807, 2.05) is 53.4 Å². The maximum atomic E-state index is 12.8. The smallest absolute Gasteiger partial charge is 0.252 e. The van der Waals surface area contributed by atoms with Gasteiger partial charge in [-0.2, -0.15) is 0 Å². The summed E-state index contributed by atoms with van der Waals surface area (Å²) in [5.74, 6) is -0.255. The molecule has 0 unspecified atom stereocenters. The van der Waals surface area contributed by atoms with Gasteiger partial charge < -0.3 is 10.1 Å². The van der Waals surface area contributed by atoms with Crippen molar-refractivity contribution in [3.8, 4) is 0 Å². The van der Waals surface area contributed by atoms with E-state index in [-0.39, 0.29) is 5.91 Å². The number of nitrogens with zero attached hydrogens (tertiary/aromatic N) is 1. The second-order valence-electron chi connectivity index (χ2n) is 6.34. The molecule has 1 aliphatic rings. The summed E-state index contributed by atoms with van der Waals surface area (Å²) < 4.78 is 3.97. The molecule has 1 aliphatic heterocycles.